The minimum absolute atomic E-state index is 0.0371. The van der Waals surface area contributed by atoms with Crippen LogP contribution in [0.2, 0.25) is 0 Å². The second-order valence-corrected chi connectivity index (χ2v) is 8.74. The SMILES string of the molecule is COc1ccc(/C(O)=C2/C(=O)C(=O)N(Cc3ccc(OC(C)C)cc3)C2c2ccc(OC)cc2)cc1. The average Bonchev–Trinajstić information content (AvgIpc) is 3.14. The van der Waals surface area contributed by atoms with Crippen LogP contribution < -0.4 is 14.2 Å². The first-order valence-corrected chi connectivity index (χ1v) is 11.6. The van der Waals surface area contributed by atoms with E-state index in [4.69, 9.17) is 14.2 Å². The van der Waals surface area contributed by atoms with Gasteiger partial charge in [-0.1, -0.05) is 24.3 Å². The van der Waals surface area contributed by atoms with Crippen molar-refractivity contribution in [2.75, 3.05) is 14.2 Å². The number of hydrogen-bond donors (Lipinski definition) is 1. The fourth-order valence-electron chi connectivity index (χ4n) is 4.22. The molecule has 1 fully saturated rings. The topological polar surface area (TPSA) is 85.3 Å². The molecule has 0 aliphatic carbocycles. The van der Waals surface area contributed by atoms with Crippen molar-refractivity contribution in [2.45, 2.75) is 32.5 Å². The Morgan fingerprint density at radius 2 is 1.36 bits per heavy atom. The largest absolute Gasteiger partial charge is 0.507 e. The summed E-state index contributed by atoms with van der Waals surface area (Å²) >= 11 is 0. The van der Waals surface area contributed by atoms with E-state index in [0.29, 0.717) is 22.6 Å². The minimum atomic E-state index is -0.774. The monoisotopic (exact) mass is 487 g/mol. The van der Waals surface area contributed by atoms with Gasteiger partial charge in [0.25, 0.3) is 11.7 Å². The maximum atomic E-state index is 13.2. The molecule has 0 saturated carbocycles. The summed E-state index contributed by atoms with van der Waals surface area (Å²) in [6.07, 6.45) is 0.0432. The third-order valence-corrected chi connectivity index (χ3v) is 5.98. The van der Waals surface area contributed by atoms with Crippen molar-refractivity contribution in [3.05, 3.63) is 95.1 Å². The molecule has 1 N–H and O–H groups in total. The minimum Gasteiger partial charge on any atom is -0.507 e. The van der Waals surface area contributed by atoms with Crippen LogP contribution in [0.3, 0.4) is 0 Å². The number of likely N-dealkylation sites (tertiary alicyclic amines) is 1. The summed E-state index contributed by atoms with van der Waals surface area (Å²) < 4.78 is 16.2. The first kappa shape index (κ1) is 24.9. The Balaban J connectivity index is 1.76. The summed E-state index contributed by atoms with van der Waals surface area (Å²) in [5, 5.41) is 11.2. The highest BCUT2D eigenvalue weighted by Gasteiger charge is 2.46. The van der Waals surface area contributed by atoms with Crippen LogP contribution in [-0.2, 0) is 16.1 Å². The van der Waals surface area contributed by atoms with Crippen molar-refractivity contribution in [2.24, 2.45) is 0 Å². The number of carbonyl (C=O) groups is 2. The summed E-state index contributed by atoms with van der Waals surface area (Å²) in [5.74, 6) is 0.342. The molecular weight excluding hydrogens is 458 g/mol. The highest BCUT2D eigenvalue weighted by Crippen LogP contribution is 2.41. The third-order valence-electron chi connectivity index (χ3n) is 5.98. The number of carbonyl (C=O) groups excluding carboxylic acids is 2. The van der Waals surface area contributed by atoms with Crippen LogP contribution in [0.1, 0.15) is 36.6 Å². The lowest BCUT2D eigenvalue weighted by Gasteiger charge is -2.25. The van der Waals surface area contributed by atoms with Gasteiger partial charge in [0.15, 0.2) is 0 Å². The highest BCUT2D eigenvalue weighted by atomic mass is 16.5. The third kappa shape index (κ3) is 5.05. The van der Waals surface area contributed by atoms with Gasteiger partial charge in [-0.15, -0.1) is 0 Å². The first-order chi connectivity index (χ1) is 17.3. The zero-order valence-electron chi connectivity index (χ0n) is 20.7. The van der Waals surface area contributed by atoms with E-state index in [2.05, 4.69) is 0 Å². The van der Waals surface area contributed by atoms with Crippen LogP contribution in [-0.4, -0.2) is 42.0 Å². The average molecular weight is 488 g/mol. The molecule has 7 nitrogen and oxygen atoms in total. The predicted octanol–water partition coefficient (Wildman–Crippen LogP) is 5.11. The maximum Gasteiger partial charge on any atom is 0.295 e. The van der Waals surface area contributed by atoms with Gasteiger partial charge in [-0.05, 0) is 73.5 Å². The lowest BCUT2D eigenvalue weighted by atomic mass is 9.95. The molecule has 1 atom stereocenters. The molecule has 1 heterocycles. The Hall–Kier alpha value is -4.26. The van der Waals surface area contributed by atoms with Crippen molar-refractivity contribution < 1.29 is 28.9 Å². The molecule has 0 bridgehead atoms. The Kier molecular flexibility index (Phi) is 7.29. The molecule has 0 aromatic heterocycles. The van der Waals surface area contributed by atoms with Crippen molar-refractivity contribution in [3.63, 3.8) is 0 Å². The molecular formula is C29H29NO6. The second kappa shape index (κ2) is 10.6. The number of Topliss-reactive ketones (excluding diaryl/α,β-unsaturated/α-hetero) is 1. The van der Waals surface area contributed by atoms with Crippen molar-refractivity contribution in [3.8, 4) is 17.2 Å². The number of methoxy groups -OCH3 is 2. The fourth-order valence-corrected chi connectivity index (χ4v) is 4.22. The number of aliphatic hydroxyl groups is 1. The molecule has 1 unspecified atom stereocenters. The van der Waals surface area contributed by atoms with Gasteiger partial charge < -0.3 is 24.2 Å². The molecule has 7 heteroatoms. The zero-order valence-corrected chi connectivity index (χ0v) is 20.7. The van der Waals surface area contributed by atoms with Gasteiger partial charge in [0.05, 0.1) is 31.9 Å². The van der Waals surface area contributed by atoms with E-state index in [9.17, 15) is 14.7 Å². The van der Waals surface area contributed by atoms with E-state index in [1.807, 2.05) is 38.1 Å². The molecule has 186 valence electrons. The number of hydrogen-bond acceptors (Lipinski definition) is 6. The molecule has 36 heavy (non-hydrogen) atoms. The molecule has 3 aromatic carbocycles. The Labute approximate surface area is 210 Å². The number of ketones is 1. The van der Waals surface area contributed by atoms with E-state index < -0.39 is 17.7 Å². The first-order valence-electron chi connectivity index (χ1n) is 11.6. The van der Waals surface area contributed by atoms with E-state index in [0.717, 1.165) is 11.3 Å². The number of aliphatic hydroxyl groups excluding tert-OH is 1. The van der Waals surface area contributed by atoms with E-state index in [1.54, 1.807) is 62.8 Å². The van der Waals surface area contributed by atoms with Gasteiger partial charge in [-0.3, -0.25) is 9.59 Å². The standard InChI is InChI=1S/C29H29NO6/c1-18(2)36-24-11-5-19(6-12-24)17-30-26(20-7-13-22(34-3)14-8-20)25(28(32)29(30)33)27(31)21-9-15-23(35-4)16-10-21/h5-16,18,26,31H,17H2,1-4H3/b27-25-. The quantitative estimate of drug-likeness (QED) is 0.270. The van der Waals surface area contributed by atoms with Gasteiger partial charge in [-0.25, -0.2) is 0 Å². The van der Waals surface area contributed by atoms with Gasteiger partial charge in [-0.2, -0.15) is 0 Å². The Morgan fingerprint density at radius 3 is 1.89 bits per heavy atom. The maximum absolute atomic E-state index is 13.2. The summed E-state index contributed by atoms with van der Waals surface area (Å²) in [6.45, 7) is 4.08. The van der Waals surface area contributed by atoms with Gasteiger partial charge >= 0.3 is 0 Å². The number of ether oxygens (including phenoxy) is 3. The molecule has 0 radical (unpaired) electrons. The number of amides is 1. The number of rotatable bonds is 8. The molecule has 0 spiro atoms. The lowest BCUT2D eigenvalue weighted by molar-refractivity contribution is -0.140. The van der Waals surface area contributed by atoms with E-state index in [-0.39, 0.29) is 24.0 Å². The lowest BCUT2D eigenvalue weighted by Crippen LogP contribution is -2.29. The van der Waals surface area contributed by atoms with Crippen molar-refractivity contribution in [1.29, 1.82) is 0 Å². The van der Waals surface area contributed by atoms with Crippen molar-refractivity contribution >= 4 is 17.4 Å². The van der Waals surface area contributed by atoms with Crippen LogP contribution in [0.25, 0.3) is 5.76 Å². The fraction of sp³-hybridized carbons (Fsp3) is 0.241. The zero-order chi connectivity index (χ0) is 25.8. The molecule has 1 aliphatic heterocycles. The van der Waals surface area contributed by atoms with Crippen LogP contribution in [0.5, 0.6) is 17.2 Å². The Bertz CT molecular complexity index is 1260. The van der Waals surface area contributed by atoms with Crippen LogP contribution in [0.15, 0.2) is 78.4 Å². The van der Waals surface area contributed by atoms with Crippen LogP contribution >= 0.6 is 0 Å². The van der Waals surface area contributed by atoms with Crippen LogP contribution in [0.4, 0.5) is 0 Å². The van der Waals surface area contributed by atoms with Gasteiger partial charge in [0.2, 0.25) is 0 Å². The Morgan fingerprint density at radius 1 is 0.833 bits per heavy atom. The smallest absolute Gasteiger partial charge is 0.295 e. The summed E-state index contributed by atoms with van der Waals surface area (Å²) in [4.78, 5) is 28.0. The molecule has 4 rings (SSSR count). The summed E-state index contributed by atoms with van der Waals surface area (Å²) in [5.41, 5.74) is 1.97. The molecule has 1 saturated heterocycles. The highest BCUT2D eigenvalue weighted by molar-refractivity contribution is 6.46. The van der Waals surface area contributed by atoms with E-state index in [1.165, 1.54) is 4.90 Å². The molecule has 3 aromatic rings. The van der Waals surface area contributed by atoms with Crippen LogP contribution in [0, 0.1) is 0 Å². The molecule has 1 aliphatic rings. The predicted molar refractivity (Wildman–Crippen MR) is 136 cm³/mol. The van der Waals surface area contributed by atoms with Gasteiger partial charge in [0.1, 0.15) is 23.0 Å². The summed E-state index contributed by atoms with van der Waals surface area (Å²) in [7, 11) is 3.11. The van der Waals surface area contributed by atoms with Crippen molar-refractivity contribution in [1.82, 2.24) is 4.90 Å². The summed E-state index contributed by atoms with van der Waals surface area (Å²) in [6, 6.07) is 20.4. The molecule has 1 amide bonds. The second-order valence-electron chi connectivity index (χ2n) is 8.74. The number of benzene rings is 3. The van der Waals surface area contributed by atoms with Gasteiger partial charge in [0, 0.05) is 12.1 Å². The number of nitrogens with zero attached hydrogens (tertiary/aromatic N) is 1. The normalized spacial score (nSPS) is 16.9. The van der Waals surface area contributed by atoms with E-state index >= 15 is 0 Å².